The number of ether oxygens (including phenoxy) is 2. The summed E-state index contributed by atoms with van der Waals surface area (Å²) in [6.07, 6.45) is 0.925. The normalized spacial score (nSPS) is 14.5. The van der Waals surface area contributed by atoms with E-state index < -0.39 is 23.8 Å². The number of methoxy groups -OCH3 is 1. The second-order valence-electron chi connectivity index (χ2n) is 7.85. The molecule has 0 spiro atoms. The van der Waals surface area contributed by atoms with Gasteiger partial charge < -0.3 is 19.0 Å². The van der Waals surface area contributed by atoms with E-state index in [1.807, 2.05) is 0 Å². The predicted molar refractivity (Wildman–Crippen MR) is 109 cm³/mol. The third-order valence-corrected chi connectivity index (χ3v) is 5.58. The topological polar surface area (TPSA) is 124 Å². The number of hydrogen-bond donors (Lipinski definition) is 1. The van der Waals surface area contributed by atoms with Crippen molar-refractivity contribution in [3.05, 3.63) is 45.5 Å². The maximum atomic E-state index is 13.0. The lowest BCUT2D eigenvalue weighted by molar-refractivity contribution is 0.0318. The van der Waals surface area contributed by atoms with Crippen molar-refractivity contribution in [3.8, 4) is 0 Å². The second kappa shape index (κ2) is 7.64. The van der Waals surface area contributed by atoms with E-state index in [0.717, 1.165) is 18.5 Å². The summed E-state index contributed by atoms with van der Waals surface area (Å²) in [5.74, 6) is -1.35. The quantitative estimate of drug-likeness (QED) is 0.469. The number of H-pyrrole nitrogens is 1. The molecule has 1 fully saturated rings. The molecule has 0 aromatic carbocycles. The molecule has 4 rings (SSSR count). The molecule has 0 amide bonds. The second-order valence-corrected chi connectivity index (χ2v) is 7.85. The average Bonchev–Trinajstić information content (AvgIpc) is 3.47. The van der Waals surface area contributed by atoms with E-state index in [9.17, 15) is 14.4 Å². The molecule has 0 unspecified atom stereocenters. The lowest BCUT2D eigenvalue weighted by Crippen LogP contribution is -2.25. The summed E-state index contributed by atoms with van der Waals surface area (Å²) < 4.78 is 15.5. The first-order valence-electron chi connectivity index (χ1n) is 10.0. The van der Waals surface area contributed by atoms with E-state index >= 15 is 0 Å². The highest BCUT2D eigenvalue weighted by molar-refractivity contribution is 6.07. The number of esters is 2. The van der Waals surface area contributed by atoms with Crippen LogP contribution in [-0.2, 0) is 9.47 Å². The molecule has 0 radical (unpaired) electrons. The number of pyridine rings is 1. The summed E-state index contributed by atoms with van der Waals surface area (Å²) in [6.45, 7) is 6.53. The molecule has 31 heavy (non-hydrogen) atoms. The van der Waals surface area contributed by atoms with Gasteiger partial charge in [0.15, 0.2) is 6.10 Å². The molecular weight excluding hydrogens is 402 g/mol. The number of hydrogen-bond acceptors (Lipinski definition) is 8. The van der Waals surface area contributed by atoms with Crippen molar-refractivity contribution >= 4 is 28.8 Å². The van der Waals surface area contributed by atoms with Gasteiger partial charge >= 0.3 is 11.9 Å². The molecule has 0 bridgehead atoms. The Morgan fingerprint density at radius 2 is 1.90 bits per heavy atom. The maximum Gasteiger partial charge on any atom is 0.339 e. The molecule has 3 aromatic heterocycles. The van der Waals surface area contributed by atoms with Crippen LogP contribution in [0, 0.1) is 20.8 Å². The lowest BCUT2D eigenvalue weighted by Gasteiger charge is -2.13. The van der Waals surface area contributed by atoms with Crippen LogP contribution in [-0.4, -0.2) is 46.1 Å². The van der Waals surface area contributed by atoms with Gasteiger partial charge in [-0.1, -0.05) is 5.16 Å². The van der Waals surface area contributed by atoms with Gasteiger partial charge in [-0.25, -0.2) is 14.6 Å². The van der Waals surface area contributed by atoms with Crippen LogP contribution in [0.2, 0.25) is 0 Å². The van der Waals surface area contributed by atoms with Gasteiger partial charge in [0.2, 0.25) is 5.78 Å². The first-order valence-corrected chi connectivity index (χ1v) is 10.0. The van der Waals surface area contributed by atoms with Crippen LogP contribution >= 0.6 is 0 Å². The molecular formula is C22H23N3O6. The number of Topliss-reactive ketones (excluding diaryl/α,β-unsaturated/α-hetero) is 1. The Labute approximate surface area is 178 Å². The molecule has 0 saturated heterocycles. The zero-order chi connectivity index (χ0) is 22.4. The van der Waals surface area contributed by atoms with Gasteiger partial charge in [0.25, 0.3) is 5.71 Å². The Hall–Kier alpha value is -3.49. The number of fused-ring (bicyclic) bond motifs is 1. The number of nitrogens with one attached hydrogen (secondary N) is 1. The number of carbonyl (C=O) groups excluding carboxylic acids is 3. The van der Waals surface area contributed by atoms with Crippen molar-refractivity contribution in [2.24, 2.45) is 0 Å². The number of aromatic nitrogens is 3. The molecule has 9 heteroatoms. The van der Waals surface area contributed by atoms with E-state index in [1.54, 1.807) is 26.8 Å². The zero-order valence-corrected chi connectivity index (χ0v) is 18.0. The summed E-state index contributed by atoms with van der Waals surface area (Å²) in [7, 11) is 1.28. The predicted octanol–water partition coefficient (Wildman–Crippen LogP) is 3.57. The molecule has 1 N–H and O–H groups in total. The fraction of sp³-hybridized carbons (Fsp3) is 0.409. The van der Waals surface area contributed by atoms with Crippen LogP contribution in [0.15, 0.2) is 10.6 Å². The van der Waals surface area contributed by atoms with Gasteiger partial charge in [-0.3, -0.25) is 4.79 Å². The van der Waals surface area contributed by atoms with Crippen LogP contribution < -0.4 is 0 Å². The first-order chi connectivity index (χ1) is 14.7. The van der Waals surface area contributed by atoms with Gasteiger partial charge in [0.1, 0.15) is 0 Å². The Morgan fingerprint density at radius 3 is 2.55 bits per heavy atom. The number of aryl methyl sites for hydroxylation is 2. The molecule has 1 saturated carbocycles. The maximum absolute atomic E-state index is 13.0. The highest BCUT2D eigenvalue weighted by Crippen LogP contribution is 2.40. The number of rotatable bonds is 6. The summed E-state index contributed by atoms with van der Waals surface area (Å²) in [5.41, 5.74) is 3.31. The molecule has 3 aromatic rings. The van der Waals surface area contributed by atoms with Crippen LogP contribution in [0.1, 0.15) is 79.5 Å². The number of aromatic amines is 1. The Bertz CT molecular complexity index is 1220. The van der Waals surface area contributed by atoms with E-state index in [0.29, 0.717) is 33.8 Å². The summed E-state index contributed by atoms with van der Waals surface area (Å²) in [6, 6.07) is 1.70. The van der Waals surface area contributed by atoms with Gasteiger partial charge in [-0.05, 0) is 52.2 Å². The lowest BCUT2D eigenvalue weighted by atomic mass is 10.1. The number of ketones is 1. The summed E-state index contributed by atoms with van der Waals surface area (Å²) in [5, 5.41) is 4.39. The zero-order valence-electron chi connectivity index (χ0n) is 18.0. The first kappa shape index (κ1) is 20.8. The van der Waals surface area contributed by atoms with Gasteiger partial charge in [0.05, 0.1) is 35.0 Å². The van der Waals surface area contributed by atoms with Crippen molar-refractivity contribution in [1.29, 1.82) is 0 Å². The molecule has 9 nitrogen and oxygen atoms in total. The van der Waals surface area contributed by atoms with Crippen molar-refractivity contribution in [2.45, 2.75) is 52.6 Å². The van der Waals surface area contributed by atoms with E-state index in [2.05, 4.69) is 15.1 Å². The molecule has 162 valence electrons. The molecule has 0 aliphatic heterocycles. The Morgan fingerprint density at radius 1 is 1.19 bits per heavy atom. The minimum absolute atomic E-state index is 0.206. The van der Waals surface area contributed by atoms with Crippen molar-refractivity contribution < 1.29 is 28.4 Å². The van der Waals surface area contributed by atoms with Crippen molar-refractivity contribution in [2.75, 3.05) is 7.11 Å². The van der Waals surface area contributed by atoms with E-state index in [1.165, 1.54) is 14.0 Å². The minimum Gasteiger partial charge on any atom is -0.465 e. The summed E-state index contributed by atoms with van der Waals surface area (Å²) >= 11 is 0. The Balaban J connectivity index is 1.62. The SMILES string of the molecule is COC(=O)c1c(C)[nH]c(C(=O)[C@H](C)OC(=O)c2cc(C3CC3)nc3onc(C)c23)c1C. The monoisotopic (exact) mass is 425 g/mol. The minimum atomic E-state index is -1.08. The average molecular weight is 425 g/mol. The number of nitrogens with zero attached hydrogens (tertiary/aromatic N) is 2. The van der Waals surface area contributed by atoms with Gasteiger partial charge in [-0.2, -0.15) is 0 Å². The van der Waals surface area contributed by atoms with E-state index in [-0.39, 0.29) is 17.0 Å². The third kappa shape index (κ3) is 3.60. The Kier molecular flexibility index (Phi) is 5.12. The highest BCUT2D eigenvalue weighted by atomic mass is 16.5. The fourth-order valence-corrected chi connectivity index (χ4v) is 3.75. The smallest absolute Gasteiger partial charge is 0.339 e. The largest absolute Gasteiger partial charge is 0.465 e. The van der Waals surface area contributed by atoms with E-state index in [4.69, 9.17) is 14.0 Å². The molecule has 3 heterocycles. The molecule has 1 aliphatic rings. The van der Waals surface area contributed by atoms with Crippen LogP contribution in [0.3, 0.4) is 0 Å². The number of carbonyl (C=O) groups is 3. The van der Waals surface area contributed by atoms with Crippen LogP contribution in [0.5, 0.6) is 0 Å². The molecule has 1 aliphatic carbocycles. The fourth-order valence-electron chi connectivity index (χ4n) is 3.75. The standard InChI is InChI=1S/C22H23N3O6/c1-9-16(22(28)29-5)10(2)23-18(9)19(26)12(4)30-21(27)14-8-15(13-6-7-13)24-20-17(14)11(3)25-31-20/h8,12-13,23H,6-7H2,1-5H3/t12-/m0/s1. The van der Waals surface area contributed by atoms with Crippen molar-refractivity contribution in [3.63, 3.8) is 0 Å². The van der Waals surface area contributed by atoms with Crippen LogP contribution in [0.4, 0.5) is 0 Å². The van der Waals surface area contributed by atoms with Gasteiger partial charge in [-0.15, -0.1) is 0 Å². The summed E-state index contributed by atoms with van der Waals surface area (Å²) in [4.78, 5) is 45.3. The highest BCUT2D eigenvalue weighted by Gasteiger charge is 2.31. The third-order valence-electron chi connectivity index (χ3n) is 5.58. The van der Waals surface area contributed by atoms with Crippen LogP contribution in [0.25, 0.3) is 11.1 Å². The molecule has 1 atom stereocenters. The van der Waals surface area contributed by atoms with Crippen molar-refractivity contribution in [1.82, 2.24) is 15.1 Å². The van der Waals surface area contributed by atoms with Gasteiger partial charge in [0, 0.05) is 17.3 Å².